The van der Waals surface area contributed by atoms with E-state index in [1.54, 1.807) is 25.5 Å². The molecule has 3 fully saturated rings. The van der Waals surface area contributed by atoms with Gasteiger partial charge in [0, 0.05) is 62.1 Å². The summed E-state index contributed by atoms with van der Waals surface area (Å²) in [6, 6.07) is 10.6. The normalized spacial score (nSPS) is 23.7. The summed E-state index contributed by atoms with van der Waals surface area (Å²) in [6.07, 6.45) is 10.2. The maximum Gasteiger partial charge on any atom is 0.238 e. The van der Waals surface area contributed by atoms with Crippen LogP contribution in [0.15, 0.2) is 49.1 Å². The molecule has 256 valence electrons. The quantitative estimate of drug-likeness (QED) is 0.253. The molecular formula is C38H45FN8O2. The molecule has 1 spiro atoms. The van der Waals surface area contributed by atoms with Gasteiger partial charge in [0.05, 0.1) is 34.8 Å². The molecule has 1 saturated carbocycles. The van der Waals surface area contributed by atoms with Crippen molar-refractivity contribution < 1.29 is 14.0 Å². The van der Waals surface area contributed by atoms with E-state index >= 15 is 0 Å². The molecule has 1 aromatic carbocycles. The number of nitrogens with one attached hydrogen (secondary N) is 1. The smallest absolute Gasteiger partial charge is 0.238 e. The number of benzene rings is 1. The van der Waals surface area contributed by atoms with Gasteiger partial charge in [0.2, 0.25) is 11.8 Å². The van der Waals surface area contributed by atoms with Crippen molar-refractivity contribution >= 4 is 40.0 Å². The van der Waals surface area contributed by atoms with Crippen molar-refractivity contribution in [3.05, 3.63) is 60.4 Å². The van der Waals surface area contributed by atoms with Crippen LogP contribution in [0, 0.1) is 11.7 Å². The Morgan fingerprint density at radius 3 is 2.59 bits per heavy atom. The van der Waals surface area contributed by atoms with Crippen molar-refractivity contribution in [3.63, 3.8) is 0 Å². The van der Waals surface area contributed by atoms with Crippen LogP contribution in [0.4, 0.5) is 21.6 Å². The van der Waals surface area contributed by atoms with Gasteiger partial charge in [0.1, 0.15) is 5.52 Å². The first-order chi connectivity index (χ1) is 23.6. The van der Waals surface area contributed by atoms with Crippen LogP contribution < -0.4 is 10.2 Å². The number of nitrogens with zero attached hydrogens (tertiary/aromatic N) is 7. The molecule has 11 heteroatoms. The maximum atomic E-state index is 14.8. The van der Waals surface area contributed by atoms with Crippen molar-refractivity contribution in [3.8, 4) is 11.3 Å². The number of carbonyl (C=O) groups is 2. The number of aromatic nitrogens is 4. The summed E-state index contributed by atoms with van der Waals surface area (Å²) in [5.74, 6) is 0.980. The lowest BCUT2D eigenvalue weighted by molar-refractivity contribution is -0.134. The Hall–Kier alpha value is -4.38. The molecule has 3 aromatic heterocycles. The van der Waals surface area contributed by atoms with E-state index in [4.69, 9.17) is 9.97 Å². The number of halogens is 1. The zero-order chi connectivity index (χ0) is 34.0. The van der Waals surface area contributed by atoms with Gasteiger partial charge in [-0.15, -0.1) is 0 Å². The van der Waals surface area contributed by atoms with E-state index in [1.165, 1.54) is 19.0 Å². The highest BCUT2D eigenvalue weighted by molar-refractivity contribution is 6.09. The third-order valence-electron chi connectivity index (χ3n) is 11.6. The third-order valence-corrected chi connectivity index (χ3v) is 11.6. The summed E-state index contributed by atoms with van der Waals surface area (Å²) in [5.41, 5.74) is 4.75. The van der Waals surface area contributed by atoms with Crippen LogP contribution in [-0.4, -0.2) is 79.4 Å². The van der Waals surface area contributed by atoms with Gasteiger partial charge >= 0.3 is 0 Å². The number of carbonyl (C=O) groups excluding carboxylic acids is 2. The molecule has 1 atom stereocenters. The van der Waals surface area contributed by atoms with Crippen LogP contribution >= 0.6 is 0 Å². The van der Waals surface area contributed by atoms with Gasteiger partial charge < -0.3 is 19.7 Å². The van der Waals surface area contributed by atoms with Crippen LogP contribution in [0.25, 0.3) is 22.3 Å². The first-order valence-corrected chi connectivity index (χ1v) is 17.8. The number of amides is 2. The third kappa shape index (κ3) is 5.37. The van der Waals surface area contributed by atoms with Crippen molar-refractivity contribution in [1.29, 1.82) is 0 Å². The molecule has 49 heavy (non-hydrogen) atoms. The summed E-state index contributed by atoms with van der Waals surface area (Å²) in [7, 11) is 0. The van der Waals surface area contributed by atoms with Crippen molar-refractivity contribution in [2.24, 2.45) is 5.92 Å². The first kappa shape index (κ1) is 31.9. The number of anilines is 3. The minimum atomic E-state index is -0.635. The number of hydrogen-bond donors (Lipinski definition) is 1. The van der Waals surface area contributed by atoms with Gasteiger partial charge in [-0.1, -0.05) is 19.1 Å². The molecule has 1 unspecified atom stereocenters. The van der Waals surface area contributed by atoms with E-state index in [9.17, 15) is 14.0 Å². The molecule has 3 aliphatic heterocycles. The fourth-order valence-electron chi connectivity index (χ4n) is 8.72. The lowest BCUT2D eigenvalue weighted by Crippen LogP contribution is -2.59. The van der Waals surface area contributed by atoms with Crippen molar-refractivity contribution in [2.75, 3.05) is 36.4 Å². The van der Waals surface area contributed by atoms with E-state index < -0.39 is 11.2 Å². The number of pyridine rings is 2. The Kier molecular flexibility index (Phi) is 7.93. The number of rotatable bonds is 6. The molecule has 0 bridgehead atoms. The van der Waals surface area contributed by atoms with Gasteiger partial charge in [0.25, 0.3) is 0 Å². The Morgan fingerprint density at radius 2 is 1.88 bits per heavy atom. The van der Waals surface area contributed by atoms with E-state index in [0.717, 1.165) is 53.8 Å². The molecule has 1 N–H and O–H groups in total. The summed E-state index contributed by atoms with van der Waals surface area (Å²) < 4.78 is 16.8. The molecule has 10 nitrogen and oxygen atoms in total. The Labute approximate surface area is 286 Å². The van der Waals surface area contributed by atoms with Crippen molar-refractivity contribution in [2.45, 2.75) is 89.8 Å². The van der Waals surface area contributed by atoms with Gasteiger partial charge in [0.15, 0.2) is 11.6 Å². The highest BCUT2D eigenvalue weighted by Crippen LogP contribution is 2.52. The Morgan fingerprint density at radius 1 is 1.08 bits per heavy atom. The summed E-state index contributed by atoms with van der Waals surface area (Å²) in [5, 5.41) is 3.22. The number of imidazole rings is 1. The minimum Gasteiger partial charge on any atom is -0.343 e. The maximum absolute atomic E-state index is 14.8. The molecule has 4 aromatic rings. The van der Waals surface area contributed by atoms with E-state index in [2.05, 4.69) is 59.1 Å². The van der Waals surface area contributed by atoms with Gasteiger partial charge in [-0.2, -0.15) is 0 Å². The van der Waals surface area contributed by atoms with Crippen molar-refractivity contribution in [1.82, 2.24) is 29.3 Å². The standard InChI is InChI=1S/C38H45FN8O2/c1-23(2)46-22-41-33-19-32(43-36(35(33)46)42-31-9-12-40-20-30(31)39)26-7-8-29-34(16-26)47(28-17-27(18-28)45-13-5-6-24(3)21-45)37(49)38(29)10-14-44(15-11-38)25(4)48/h7-9,12,16,19-20,22-24,27-28H,5-6,10-11,13-15,17-18,21H2,1-4H3,(H,40,42,43)/t24?,27-,28+. The number of piperidine rings is 2. The van der Waals surface area contributed by atoms with Gasteiger partial charge in [-0.3, -0.25) is 19.5 Å². The Bertz CT molecular complexity index is 1930. The summed E-state index contributed by atoms with van der Waals surface area (Å²) in [4.78, 5) is 47.2. The predicted molar refractivity (Wildman–Crippen MR) is 188 cm³/mol. The number of hydrogen-bond acceptors (Lipinski definition) is 7. The van der Waals surface area contributed by atoms with E-state index in [1.807, 2.05) is 15.5 Å². The molecule has 6 heterocycles. The predicted octanol–water partition coefficient (Wildman–Crippen LogP) is 6.45. The topological polar surface area (TPSA) is 99.5 Å². The van der Waals surface area contributed by atoms with E-state index in [0.29, 0.717) is 49.4 Å². The van der Waals surface area contributed by atoms with Crippen LogP contribution in [0.2, 0.25) is 0 Å². The number of likely N-dealkylation sites (tertiary alicyclic amines) is 2. The molecular weight excluding hydrogens is 619 g/mol. The highest BCUT2D eigenvalue weighted by atomic mass is 19.1. The number of fused-ring (bicyclic) bond motifs is 3. The Balaban J connectivity index is 1.19. The lowest BCUT2D eigenvalue weighted by Gasteiger charge is -2.49. The second kappa shape index (κ2) is 12.2. The van der Waals surface area contributed by atoms with Crippen LogP contribution in [-0.2, 0) is 15.0 Å². The largest absolute Gasteiger partial charge is 0.343 e. The summed E-state index contributed by atoms with van der Waals surface area (Å²) in [6.45, 7) is 11.5. The molecule has 4 aliphatic rings. The second-order valence-corrected chi connectivity index (χ2v) is 15.0. The van der Waals surface area contributed by atoms with Crippen LogP contribution in [0.3, 0.4) is 0 Å². The minimum absolute atomic E-state index is 0.0581. The monoisotopic (exact) mass is 664 g/mol. The zero-order valence-electron chi connectivity index (χ0n) is 28.8. The van der Waals surface area contributed by atoms with Crippen LogP contribution in [0.5, 0.6) is 0 Å². The average molecular weight is 665 g/mol. The SMILES string of the molecule is CC(=O)N1CCC2(CC1)C(=O)N([C@H]1C[C@@H](N3CCCC(C)C3)C1)c1cc(-c3cc4ncn(C(C)C)c4c(Nc4ccncc4F)n3)ccc12. The van der Waals surface area contributed by atoms with Gasteiger partial charge in [-0.05, 0) is 88.6 Å². The molecule has 2 saturated heterocycles. The zero-order valence-corrected chi connectivity index (χ0v) is 28.8. The molecule has 1 aliphatic carbocycles. The molecule has 2 amide bonds. The first-order valence-electron chi connectivity index (χ1n) is 17.8. The lowest BCUT2D eigenvalue weighted by atomic mass is 9.73. The average Bonchev–Trinajstić information content (AvgIpc) is 3.60. The van der Waals surface area contributed by atoms with Crippen LogP contribution in [0.1, 0.15) is 77.8 Å². The fraction of sp³-hybridized carbons (Fsp3) is 0.500. The highest BCUT2D eigenvalue weighted by Gasteiger charge is 2.55. The molecule has 8 rings (SSSR count). The van der Waals surface area contributed by atoms with E-state index in [-0.39, 0.29) is 29.6 Å². The second-order valence-electron chi connectivity index (χ2n) is 15.0. The van der Waals surface area contributed by atoms with Gasteiger partial charge in [-0.25, -0.2) is 14.4 Å². The molecule has 0 radical (unpaired) electrons. The fourth-order valence-corrected chi connectivity index (χ4v) is 8.72. The summed E-state index contributed by atoms with van der Waals surface area (Å²) >= 11 is 0.